The minimum atomic E-state index is -2.60. The van der Waals surface area contributed by atoms with Crippen LogP contribution in [0.2, 0.25) is 10.1 Å². The lowest BCUT2D eigenvalue weighted by Gasteiger charge is -2.45. The summed E-state index contributed by atoms with van der Waals surface area (Å²) in [6, 6.07) is 43.4. The molecule has 0 amide bonds. The van der Waals surface area contributed by atoms with Crippen molar-refractivity contribution < 1.29 is 32.9 Å². The van der Waals surface area contributed by atoms with E-state index in [1.165, 1.54) is 20.7 Å². The first-order chi connectivity index (χ1) is 33.8. The Balaban J connectivity index is 0.000000267. The lowest BCUT2D eigenvalue weighted by Crippen LogP contribution is -2.67. The highest BCUT2D eigenvalue weighted by molar-refractivity contribution is 14.1. The summed E-state index contributed by atoms with van der Waals surface area (Å²) in [5.41, 5.74) is 0. The van der Waals surface area contributed by atoms with Gasteiger partial charge >= 0.3 is 0 Å². The summed E-state index contributed by atoms with van der Waals surface area (Å²) in [5, 5.41) is 14.6. The summed E-state index contributed by atoms with van der Waals surface area (Å²) in [7, 11) is -5.18. The largest absolute Gasteiger partial charge is 0.404 e. The number of hydrogen-bond acceptors (Lipinski definition) is 7. The number of rotatable bonds is 20. The van der Waals surface area contributed by atoms with E-state index in [1.54, 1.807) is 0 Å². The van der Waals surface area contributed by atoms with Crippen molar-refractivity contribution in [1.29, 1.82) is 0 Å². The molecular formula is C62H91IO7Si2. The number of aliphatic hydroxyl groups is 1. The molecule has 1 N–H and O–H groups in total. The van der Waals surface area contributed by atoms with Crippen LogP contribution in [0.1, 0.15) is 124 Å². The number of halogens is 1. The minimum absolute atomic E-state index is 0.0187. The molecule has 2 saturated heterocycles. The Morgan fingerprint density at radius 3 is 1.06 bits per heavy atom. The maximum Gasteiger partial charge on any atom is 0.261 e. The van der Waals surface area contributed by atoms with Gasteiger partial charge in [-0.25, -0.2) is 0 Å². The topological polar surface area (TPSA) is 75.6 Å². The van der Waals surface area contributed by atoms with Crippen LogP contribution in [0.3, 0.4) is 0 Å². The second-order valence-corrected chi connectivity index (χ2v) is 33.0. The molecular weight excluding hydrogens is 1040 g/mol. The van der Waals surface area contributed by atoms with Gasteiger partial charge in [0.15, 0.2) is 11.6 Å². The Kier molecular flexibility index (Phi) is 21.6. The van der Waals surface area contributed by atoms with Gasteiger partial charge in [-0.1, -0.05) is 237 Å². The van der Waals surface area contributed by atoms with E-state index in [2.05, 4.69) is 251 Å². The van der Waals surface area contributed by atoms with Gasteiger partial charge in [0.1, 0.15) is 0 Å². The fourth-order valence-corrected chi connectivity index (χ4v) is 20.9. The SMILES string of the molecule is CC(/C=C\[C@@H](C)C(C)O[Si](c1ccccc1)(c1ccccc1)C(C)(C)C)C1OC(C)(C)OC1CCI.CC(/C=C\[C@@H](C)C(C)O[Si](c1ccccc1)(c1ccccc1)C(C)(C)C)C1OC(C)(C)OC1CCO. The third kappa shape index (κ3) is 14.8. The van der Waals surface area contributed by atoms with Gasteiger partial charge in [0.2, 0.25) is 0 Å². The molecule has 0 radical (unpaired) electrons. The minimum Gasteiger partial charge on any atom is -0.404 e. The van der Waals surface area contributed by atoms with E-state index in [-0.39, 0.29) is 77.0 Å². The molecule has 0 bridgehead atoms. The van der Waals surface area contributed by atoms with Gasteiger partial charge in [0.25, 0.3) is 16.6 Å². The van der Waals surface area contributed by atoms with Gasteiger partial charge in [-0.3, -0.25) is 0 Å². The first kappa shape index (κ1) is 60.1. The number of benzene rings is 4. The predicted molar refractivity (Wildman–Crippen MR) is 314 cm³/mol. The van der Waals surface area contributed by atoms with E-state index in [9.17, 15) is 5.11 Å². The summed E-state index contributed by atoms with van der Waals surface area (Å²) in [5.74, 6) is -0.256. The standard InChI is InChI=1S/C31H45IO3Si.C31H46O4Si/c2*1-23(19-20-24(2)29-28(21-22-32)33-31(7,8)34-29)25(3)35-36(30(4,5)6,26-15-11-9-12-16-26)27-17-13-10-14-18-27/h9-20,23-25,28-29H,21-22H2,1-8H3;9-20,23-25,28-29,32H,21-22H2,1-8H3/b2*20-19-/t2*23-,24?,25?,28?,29?/m11/s1. The Morgan fingerprint density at radius 1 is 0.500 bits per heavy atom. The highest BCUT2D eigenvalue weighted by Crippen LogP contribution is 2.41. The molecule has 2 aliphatic rings. The molecule has 4 aromatic carbocycles. The van der Waals surface area contributed by atoms with E-state index in [0.717, 1.165) is 10.8 Å². The maximum absolute atomic E-state index is 9.48. The van der Waals surface area contributed by atoms with Gasteiger partial charge < -0.3 is 32.9 Å². The monoisotopic (exact) mass is 1130 g/mol. The van der Waals surface area contributed by atoms with E-state index in [0.29, 0.717) is 6.42 Å². The zero-order valence-corrected chi connectivity index (χ0v) is 50.9. The fraction of sp³-hybridized carbons (Fsp3) is 0.548. The molecule has 0 aromatic heterocycles. The summed E-state index contributed by atoms with van der Waals surface area (Å²) < 4.78 is 40.4. The highest BCUT2D eigenvalue weighted by Gasteiger charge is 2.53. The van der Waals surface area contributed by atoms with Crippen molar-refractivity contribution >= 4 is 60.0 Å². The molecule has 2 aliphatic heterocycles. The van der Waals surface area contributed by atoms with E-state index in [4.69, 9.17) is 27.8 Å². The maximum atomic E-state index is 9.48. The lowest BCUT2D eigenvalue weighted by molar-refractivity contribution is -0.149. The first-order valence-electron chi connectivity index (χ1n) is 26.6. The number of aliphatic hydroxyl groups excluding tert-OH is 1. The van der Waals surface area contributed by atoms with E-state index >= 15 is 0 Å². The summed E-state index contributed by atoms with van der Waals surface area (Å²) in [6.45, 7) is 35.3. The Hall–Kier alpha value is -2.76. The molecule has 8 unspecified atom stereocenters. The van der Waals surface area contributed by atoms with Crippen LogP contribution < -0.4 is 20.7 Å². The molecule has 0 aliphatic carbocycles. The number of alkyl halides is 1. The summed E-state index contributed by atoms with van der Waals surface area (Å²) in [4.78, 5) is 0. The van der Waals surface area contributed by atoms with Gasteiger partial charge in [0.05, 0.1) is 24.4 Å². The quantitative estimate of drug-likeness (QED) is 0.0409. The normalized spacial score (nSPS) is 23.0. The Labute approximate surface area is 452 Å². The average Bonchev–Trinajstić information content (AvgIpc) is 3.83. The molecule has 0 saturated carbocycles. The van der Waals surface area contributed by atoms with E-state index in [1.807, 2.05) is 27.7 Å². The van der Waals surface area contributed by atoms with Crippen molar-refractivity contribution in [3.05, 3.63) is 146 Å². The van der Waals surface area contributed by atoms with Crippen molar-refractivity contribution in [2.24, 2.45) is 23.7 Å². The smallest absolute Gasteiger partial charge is 0.261 e. The van der Waals surface area contributed by atoms with Crippen LogP contribution in [0.5, 0.6) is 0 Å². The average molecular weight is 1130 g/mol. The molecule has 2 fully saturated rings. The molecule has 2 heterocycles. The summed E-state index contributed by atoms with van der Waals surface area (Å²) in [6.07, 6.45) is 10.8. The zero-order chi connectivity index (χ0) is 53.1. The number of hydrogen-bond donors (Lipinski definition) is 1. The first-order valence-corrected chi connectivity index (χ1v) is 32.0. The molecule has 72 heavy (non-hydrogen) atoms. The van der Waals surface area contributed by atoms with Gasteiger partial charge in [-0.2, -0.15) is 0 Å². The molecule has 6 rings (SSSR count). The second-order valence-electron chi connectivity index (χ2n) is 23.4. The molecule has 10 heteroatoms. The van der Waals surface area contributed by atoms with Crippen LogP contribution in [-0.2, 0) is 27.8 Å². The fourth-order valence-electron chi connectivity index (χ4n) is 10.7. The molecule has 4 aromatic rings. The zero-order valence-electron chi connectivity index (χ0n) is 46.7. The van der Waals surface area contributed by atoms with Crippen molar-refractivity contribution in [3.63, 3.8) is 0 Å². The van der Waals surface area contributed by atoms with Crippen LogP contribution in [0, 0.1) is 23.7 Å². The Morgan fingerprint density at radius 2 is 0.792 bits per heavy atom. The number of ether oxygens (including phenoxy) is 4. The molecule has 7 nitrogen and oxygen atoms in total. The van der Waals surface area contributed by atoms with Gasteiger partial charge in [-0.05, 0) is 97.0 Å². The highest BCUT2D eigenvalue weighted by atomic mass is 127. The van der Waals surface area contributed by atoms with Gasteiger partial charge in [-0.15, -0.1) is 0 Å². The van der Waals surface area contributed by atoms with Crippen LogP contribution in [0.15, 0.2) is 146 Å². The van der Waals surface area contributed by atoms with E-state index < -0.39 is 28.2 Å². The predicted octanol–water partition coefficient (Wildman–Crippen LogP) is 12.8. The second kappa shape index (κ2) is 25.9. The van der Waals surface area contributed by atoms with Gasteiger partial charge in [0, 0.05) is 35.1 Å². The molecule has 10 atom stereocenters. The van der Waals surface area contributed by atoms with Crippen LogP contribution >= 0.6 is 22.6 Å². The van der Waals surface area contributed by atoms with Crippen molar-refractivity contribution in [2.75, 3.05) is 11.0 Å². The van der Waals surface area contributed by atoms with Crippen molar-refractivity contribution in [2.45, 2.75) is 182 Å². The van der Waals surface area contributed by atoms with Crippen molar-refractivity contribution in [1.82, 2.24) is 0 Å². The van der Waals surface area contributed by atoms with Crippen LogP contribution in [-0.4, -0.2) is 81.0 Å². The summed E-state index contributed by atoms with van der Waals surface area (Å²) >= 11 is 2.42. The molecule has 396 valence electrons. The third-order valence-corrected chi connectivity index (χ3v) is 25.6. The Bertz CT molecular complexity index is 2020. The third-order valence-electron chi connectivity index (χ3n) is 14.8. The molecule has 0 spiro atoms. The van der Waals surface area contributed by atoms with Crippen molar-refractivity contribution in [3.8, 4) is 0 Å². The van der Waals surface area contributed by atoms with Crippen LogP contribution in [0.25, 0.3) is 0 Å². The van der Waals surface area contributed by atoms with Crippen LogP contribution in [0.4, 0.5) is 0 Å². The lowest BCUT2D eigenvalue weighted by atomic mass is 9.95.